The topological polar surface area (TPSA) is 74.8 Å². The molecule has 0 aliphatic heterocycles. The summed E-state index contributed by atoms with van der Waals surface area (Å²) in [5.74, 6) is -0.0600. The molecule has 0 unspecified atom stereocenters. The fourth-order valence-electron chi connectivity index (χ4n) is 2.29. The van der Waals surface area contributed by atoms with Gasteiger partial charge in [-0.1, -0.05) is 46.4 Å². The van der Waals surface area contributed by atoms with Crippen molar-refractivity contribution in [2.24, 2.45) is 0 Å². The van der Waals surface area contributed by atoms with E-state index in [1.54, 1.807) is 24.3 Å². The quantitative estimate of drug-likeness (QED) is 0.543. The van der Waals surface area contributed by atoms with E-state index in [0.717, 1.165) is 0 Å². The van der Waals surface area contributed by atoms with Crippen LogP contribution in [0.2, 0.25) is 20.1 Å². The number of amides is 1. The van der Waals surface area contributed by atoms with Gasteiger partial charge in [0, 0.05) is 22.3 Å². The predicted molar refractivity (Wildman–Crippen MR) is 109 cm³/mol. The number of halogens is 4. The summed E-state index contributed by atoms with van der Waals surface area (Å²) in [6, 6.07) is 9.73. The van der Waals surface area contributed by atoms with E-state index in [4.69, 9.17) is 46.4 Å². The van der Waals surface area contributed by atoms with Crippen molar-refractivity contribution in [3.8, 4) is 11.4 Å². The molecule has 138 valence electrons. The first-order valence-corrected chi connectivity index (χ1v) is 9.13. The Labute approximate surface area is 174 Å². The Morgan fingerprint density at radius 3 is 2.33 bits per heavy atom. The van der Waals surface area contributed by atoms with E-state index in [1.807, 2.05) is 0 Å². The molecule has 2 N–H and O–H groups in total. The maximum atomic E-state index is 12.3. The monoisotopic (exact) mass is 441 g/mol. The zero-order valence-corrected chi connectivity index (χ0v) is 16.5. The molecule has 9 heteroatoms. The number of H-pyrrole nitrogens is 1. The molecule has 3 aromatic rings. The fourth-order valence-corrected chi connectivity index (χ4v) is 3.01. The number of rotatable bonds is 4. The van der Waals surface area contributed by atoms with E-state index < -0.39 is 11.5 Å². The maximum Gasteiger partial charge on any atom is 0.254 e. The van der Waals surface area contributed by atoms with Crippen molar-refractivity contribution in [3.63, 3.8) is 0 Å². The first kappa shape index (κ1) is 19.7. The van der Waals surface area contributed by atoms with Gasteiger partial charge in [-0.25, -0.2) is 4.98 Å². The molecule has 27 heavy (non-hydrogen) atoms. The summed E-state index contributed by atoms with van der Waals surface area (Å²) in [6.45, 7) is 0. The molecule has 0 radical (unpaired) electrons. The van der Waals surface area contributed by atoms with E-state index in [9.17, 15) is 9.59 Å². The zero-order chi connectivity index (χ0) is 19.6. The minimum atomic E-state index is -0.443. The van der Waals surface area contributed by atoms with Crippen LogP contribution in [0, 0.1) is 0 Å². The number of anilines is 1. The third-order valence-corrected chi connectivity index (χ3v) is 4.91. The van der Waals surface area contributed by atoms with E-state index in [-0.39, 0.29) is 27.1 Å². The summed E-state index contributed by atoms with van der Waals surface area (Å²) in [6.07, 6.45) is 1.18. The second kappa shape index (κ2) is 8.31. The summed E-state index contributed by atoms with van der Waals surface area (Å²) < 4.78 is 0. The van der Waals surface area contributed by atoms with E-state index >= 15 is 0 Å². The van der Waals surface area contributed by atoms with Gasteiger partial charge < -0.3 is 10.3 Å². The van der Waals surface area contributed by atoms with Crippen LogP contribution in [0.4, 0.5) is 5.69 Å². The van der Waals surface area contributed by atoms with E-state index in [2.05, 4.69) is 15.3 Å². The average molecular weight is 443 g/mol. The number of hydrogen-bond donors (Lipinski definition) is 2. The molecule has 0 fully saturated rings. The van der Waals surface area contributed by atoms with Crippen LogP contribution >= 0.6 is 46.4 Å². The first-order valence-electron chi connectivity index (χ1n) is 7.62. The van der Waals surface area contributed by atoms with Crippen molar-refractivity contribution < 1.29 is 4.79 Å². The molecule has 0 spiro atoms. The van der Waals surface area contributed by atoms with Crippen molar-refractivity contribution in [1.29, 1.82) is 0 Å². The van der Waals surface area contributed by atoms with Gasteiger partial charge in [0.15, 0.2) is 0 Å². The number of aromatic nitrogens is 2. The highest BCUT2D eigenvalue weighted by atomic mass is 35.5. The number of nitrogens with one attached hydrogen (secondary N) is 2. The third kappa shape index (κ3) is 4.82. The molecule has 0 saturated heterocycles. The fraction of sp³-hybridized carbons (Fsp3) is 0.0556. The van der Waals surface area contributed by atoms with Crippen molar-refractivity contribution in [2.75, 3.05) is 5.32 Å². The van der Waals surface area contributed by atoms with E-state index in [1.165, 1.54) is 18.3 Å². The lowest BCUT2D eigenvalue weighted by molar-refractivity contribution is -0.115. The smallest absolute Gasteiger partial charge is 0.254 e. The summed E-state index contributed by atoms with van der Waals surface area (Å²) >= 11 is 23.7. The van der Waals surface area contributed by atoms with Crippen LogP contribution in [-0.2, 0) is 11.2 Å². The van der Waals surface area contributed by atoms with Gasteiger partial charge in [-0.05, 0) is 36.4 Å². The lowest BCUT2D eigenvalue weighted by Crippen LogP contribution is -2.22. The van der Waals surface area contributed by atoms with Crippen LogP contribution in [0.5, 0.6) is 0 Å². The molecule has 1 aromatic heterocycles. The van der Waals surface area contributed by atoms with Gasteiger partial charge in [-0.15, -0.1) is 0 Å². The van der Waals surface area contributed by atoms with Crippen LogP contribution in [0.25, 0.3) is 11.4 Å². The van der Waals surface area contributed by atoms with Gasteiger partial charge >= 0.3 is 0 Å². The average Bonchev–Trinajstić information content (AvgIpc) is 2.62. The second-order valence-corrected chi connectivity index (χ2v) is 7.22. The van der Waals surface area contributed by atoms with Gasteiger partial charge in [0.25, 0.3) is 5.56 Å². The number of benzene rings is 2. The Bertz CT molecular complexity index is 1070. The number of carbonyl (C=O) groups excluding carboxylic acids is 1. The first-order chi connectivity index (χ1) is 12.8. The molecule has 0 bridgehead atoms. The van der Waals surface area contributed by atoms with Crippen LogP contribution < -0.4 is 10.9 Å². The molecule has 0 atom stereocenters. The van der Waals surface area contributed by atoms with Crippen LogP contribution in [0.15, 0.2) is 47.4 Å². The van der Waals surface area contributed by atoms with Crippen LogP contribution in [-0.4, -0.2) is 15.9 Å². The molecular weight excluding hydrogens is 432 g/mol. The van der Waals surface area contributed by atoms with Gasteiger partial charge in [0.1, 0.15) is 5.82 Å². The lowest BCUT2D eigenvalue weighted by Gasteiger charge is -2.09. The van der Waals surface area contributed by atoms with Crippen molar-refractivity contribution in [3.05, 3.63) is 78.6 Å². The number of hydrogen-bond acceptors (Lipinski definition) is 3. The molecule has 1 amide bonds. The summed E-state index contributed by atoms with van der Waals surface area (Å²) in [4.78, 5) is 31.4. The summed E-state index contributed by atoms with van der Waals surface area (Å²) in [5, 5.41) is 3.94. The lowest BCUT2D eigenvalue weighted by atomic mass is 10.2. The van der Waals surface area contributed by atoms with Gasteiger partial charge in [-0.2, -0.15) is 0 Å². The highest BCUT2D eigenvalue weighted by Gasteiger charge is 2.13. The molecule has 3 rings (SSSR count). The van der Waals surface area contributed by atoms with Gasteiger partial charge in [0.05, 0.1) is 27.2 Å². The SMILES string of the molecule is O=C(Cc1cnc(-c2ccc(Cl)cc2)[nH]c1=O)Nc1cc(Cl)c(Cl)cc1Cl. The molecule has 0 aliphatic carbocycles. The Kier molecular flexibility index (Phi) is 6.07. The highest BCUT2D eigenvalue weighted by Crippen LogP contribution is 2.32. The van der Waals surface area contributed by atoms with Crippen molar-refractivity contribution >= 4 is 58.0 Å². The number of aromatic amines is 1. The maximum absolute atomic E-state index is 12.3. The van der Waals surface area contributed by atoms with Crippen molar-refractivity contribution in [1.82, 2.24) is 9.97 Å². The standard InChI is InChI=1S/C18H11Cl4N3O2/c19-11-3-1-9(2-4-11)17-23-8-10(18(27)25-17)5-16(26)24-15-7-13(21)12(20)6-14(15)22/h1-4,6-8H,5H2,(H,24,26)(H,23,25,27). The van der Waals surface area contributed by atoms with Gasteiger partial charge in [-0.3, -0.25) is 9.59 Å². The summed E-state index contributed by atoms with van der Waals surface area (Å²) in [5.41, 5.74) is 0.806. The molecule has 0 saturated carbocycles. The predicted octanol–water partition coefficient (Wildman–Crippen LogP) is 5.23. The molecule has 1 heterocycles. The van der Waals surface area contributed by atoms with Gasteiger partial charge in [0.2, 0.25) is 5.91 Å². The number of nitrogens with zero attached hydrogens (tertiary/aromatic N) is 1. The third-order valence-electron chi connectivity index (χ3n) is 3.63. The van der Waals surface area contributed by atoms with Crippen LogP contribution in [0.1, 0.15) is 5.56 Å². The molecule has 5 nitrogen and oxygen atoms in total. The minimum absolute atomic E-state index is 0.181. The molecule has 0 aliphatic rings. The molecule has 2 aromatic carbocycles. The Morgan fingerprint density at radius 1 is 1.00 bits per heavy atom. The summed E-state index contributed by atoms with van der Waals surface area (Å²) in [7, 11) is 0. The van der Waals surface area contributed by atoms with Crippen molar-refractivity contribution in [2.45, 2.75) is 6.42 Å². The van der Waals surface area contributed by atoms with Crippen LogP contribution in [0.3, 0.4) is 0 Å². The normalized spacial score (nSPS) is 10.7. The Hall–Kier alpha value is -2.05. The Morgan fingerprint density at radius 2 is 1.67 bits per heavy atom. The molecular formula is C18H11Cl4N3O2. The number of carbonyl (C=O) groups is 1. The largest absolute Gasteiger partial charge is 0.324 e. The minimum Gasteiger partial charge on any atom is -0.324 e. The second-order valence-electron chi connectivity index (χ2n) is 5.56. The highest BCUT2D eigenvalue weighted by molar-refractivity contribution is 6.44. The van der Waals surface area contributed by atoms with E-state index in [0.29, 0.717) is 22.1 Å². The Balaban J connectivity index is 1.76. The zero-order valence-electron chi connectivity index (χ0n) is 13.5.